The Balaban J connectivity index is 1.61. The minimum Gasteiger partial charge on any atom is -0.479 e. The number of hydrogen-bond donors (Lipinski definition) is 1. The Morgan fingerprint density at radius 1 is 1.10 bits per heavy atom. The van der Waals surface area contributed by atoms with E-state index in [4.69, 9.17) is 9.15 Å². The van der Waals surface area contributed by atoms with Crippen molar-refractivity contribution in [1.82, 2.24) is 0 Å². The molecule has 7 nitrogen and oxygen atoms in total. The maximum atomic E-state index is 12.8. The minimum atomic E-state index is -0.706. The van der Waals surface area contributed by atoms with E-state index < -0.39 is 17.6 Å². The van der Waals surface area contributed by atoms with Crippen LogP contribution in [0.15, 0.2) is 57.7 Å². The van der Waals surface area contributed by atoms with Crippen LogP contribution in [0.1, 0.15) is 43.5 Å². The zero-order chi connectivity index (χ0) is 22.0. The largest absolute Gasteiger partial charge is 0.479 e. The van der Waals surface area contributed by atoms with Gasteiger partial charge in [-0.3, -0.25) is 9.59 Å². The van der Waals surface area contributed by atoms with Gasteiger partial charge in [0.2, 0.25) is 0 Å². The molecule has 31 heavy (non-hydrogen) atoms. The molecule has 2 aromatic carbocycles. The summed E-state index contributed by atoms with van der Waals surface area (Å²) in [6.45, 7) is 4.42. The molecule has 0 aliphatic carbocycles. The van der Waals surface area contributed by atoms with Gasteiger partial charge in [-0.05, 0) is 43.7 Å². The third-order valence-corrected chi connectivity index (χ3v) is 5.30. The number of hydrogen-bond acceptors (Lipinski definition) is 5. The monoisotopic (exact) mass is 420 g/mol. The van der Waals surface area contributed by atoms with E-state index in [1.54, 1.807) is 54.3 Å². The van der Waals surface area contributed by atoms with Crippen molar-refractivity contribution in [3.05, 3.63) is 64.5 Å². The second kappa shape index (κ2) is 8.63. The van der Waals surface area contributed by atoms with Crippen LogP contribution in [0.25, 0.3) is 11.0 Å². The molecule has 1 unspecified atom stereocenters. The van der Waals surface area contributed by atoms with E-state index in [0.29, 0.717) is 34.6 Å². The highest BCUT2D eigenvalue weighted by atomic mass is 16.5. The lowest BCUT2D eigenvalue weighted by atomic mass is 10.1. The van der Waals surface area contributed by atoms with Crippen molar-refractivity contribution in [3.8, 4) is 5.75 Å². The highest BCUT2D eigenvalue weighted by Gasteiger charge is 2.31. The Labute approximate surface area is 179 Å². The van der Waals surface area contributed by atoms with Gasteiger partial charge >= 0.3 is 5.63 Å². The average molecular weight is 420 g/mol. The fraction of sp³-hybridized carbons (Fsp3) is 0.292. The molecular weight excluding hydrogens is 396 g/mol. The first-order valence-corrected chi connectivity index (χ1v) is 10.4. The smallest absolute Gasteiger partial charge is 0.349 e. The van der Waals surface area contributed by atoms with Crippen LogP contribution in [-0.2, 0) is 4.79 Å². The van der Waals surface area contributed by atoms with E-state index in [0.717, 1.165) is 19.3 Å². The summed E-state index contributed by atoms with van der Waals surface area (Å²) in [5, 5.41) is 3.40. The topological polar surface area (TPSA) is 88.8 Å². The molecule has 160 valence electrons. The molecule has 2 amide bonds. The zero-order valence-electron chi connectivity index (χ0n) is 17.5. The molecule has 0 fully saturated rings. The van der Waals surface area contributed by atoms with Crippen molar-refractivity contribution in [2.45, 2.75) is 39.2 Å². The first-order valence-electron chi connectivity index (χ1n) is 10.4. The summed E-state index contributed by atoms with van der Waals surface area (Å²) < 4.78 is 11.0. The molecule has 4 rings (SSSR count). The van der Waals surface area contributed by atoms with Crippen LogP contribution in [0.5, 0.6) is 5.75 Å². The highest BCUT2D eigenvalue weighted by molar-refractivity contribution is 6.06. The fourth-order valence-corrected chi connectivity index (χ4v) is 3.65. The number of para-hydroxylation sites is 1. The molecule has 2 heterocycles. The number of fused-ring (bicyclic) bond motifs is 2. The number of benzene rings is 2. The predicted molar refractivity (Wildman–Crippen MR) is 119 cm³/mol. The average Bonchev–Trinajstić information content (AvgIpc) is 2.76. The van der Waals surface area contributed by atoms with E-state index in [2.05, 4.69) is 12.2 Å². The Kier molecular flexibility index (Phi) is 5.75. The number of amides is 2. The van der Waals surface area contributed by atoms with Crippen LogP contribution in [0.4, 0.5) is 11.4 Å². The van der Waals surface area contributed by atoms with E-state index in [9.17, 15) is 14.4 Å². The zero-order valence-corrected chi connectivity index (χ0v) is 17.5. The SMILES string of the molecule is CCCCCN1C(=O)C(C)Oc2ccc(NC(=O)c3cc4ccccc4oc3=O)cc21. The van der Waals surface area contributed by atoms with Gasteiger partial charge in [-0.25, -0.2) is 4.79 Å². The van der Waals surface area contributed by atoms with Gasteiger partial charge in [0.15, 0.2) is 6.10 Å². The van der Waals surface area contributed by atoms with E-state index in [-0.39, 0.29) is 11.5 Å². The van der Waals surface area contributed by atoms with Gasteiger partial charge in [-0.15, -0.1) is 0 Å². The van der Waals surface area contributed by atoms with Gasteiger partial charge in [-0.2, -0.15) is 0 Å². The van der Waals surface area contributed by atoms with Gasteiger partial charge in [0.1, 0.15) is 16.9 Å². The lowest BCUT2D eigenvalue weighted by Crippen LogP contribution is -2.44. The number of rotatable bonds is 6. The van der Waals surface area contributed by atoms with Crippen molar-refractivity contribution in [3.63, 3.8) is 0 Å². The van der Waals surface area contributed by atoms with Crippen molar-refractivity contribution in [1.29, 1.82) is 0 Å². The van der Waals surface area contributed by atoms with E-state index >= 15 is 0 Å². The summed E-state index contributed by atoms with van der Waals surface area (Å²) in [6.07, 6.45) is 2.38. The third kappa shape index (κ3) is 4.17. The van der Waals surface area contributed by atoms with Gasteiger partial charge in [0.25, 0.3) is 11.8 Å². The molecule has 7 heteroatoms. The minimum absolute atomic E-state index is 0.0860. The molecule has 1 aliphatic heterocycles. The molecule has 0 spiro atoms. The number of carbonyl (C=O) groups is 2. The Morgan fingerprint density at radius 2 is 1.90 bits per heavy atom. The molecule has 1 aromatic heterocycles. The maximum absolute atomic E-state index is 12.8. The normalized spacial score (nSPS) is 15.5. The van der Waals surface area contributed by atoms with E-state index in [1.807, 2.05) is 0 Å². The Bertz CT molecular complexity index is 1200. The number of nitrogens with zero attached hydrogens (tertiary/aromatic N) is 1. The first kappa shape index (κ1) is 20.7. The molecule has 1 aliphatic rings. The van der Waals surface area contributed by atoms with Crippen LogP contribution >= 0.6 is 0 Å². The van der Waals surface area contributed by atoms with Crippen LogP contribution in [0.3, 0.4) is 0 Å². The second-order valence-electron chi connectivity index (χ2n) is 7.58. The van der Waals surface area contributed by atoms with Crippen LogP contribution < -0.4 is 20.6 Å². The summed E-state index contributed by atoms with van der Waals surface area (Å²) in [6, 6.07) is 13.6. The molecule has 1 atom stereocenters. The first-order chi connectivity index (χ1) is 15.0. The second-order valence-corrected chi connectivity index (χ2v) is 7.58. The summed E-state index contributed by atoms with van der Waals surface area (Å²) in [5.74, 6) is -0.0949. The molecule has 0 saturated heterocycles. The van der Waals surface area contributed by atoms with Crippen molar-refractivity contribution in [2.75, 3.05) is 16.8 Å². The lowest BCUT2D eigenvalue weighted by molar-refractivity contribution is -0.125. The quantitative estimate of drug-likeness (QED) is 0.473. The number of nitrogens with one attached hydrogen (secondary N) is 1. The van der Waals surface area contributed by atoms with Gasteiger partial charge in [0.05, 0.1) is 5.69 Å². The number of carbonyl (C=O) groups excluding carboxylic acids is 2. The summed E-state index contributed by atoms with van der Waals surface area (Å²) in [7, 11) is 0. The Morgan fingerprint density at radius 3 is 2.71 bits per heavy atom. The van der Waals surface area contributed by atoms with Crippen LogP contribution in [-0.4, -0.2) is 24.5 Å². The maximum Gasteiger partial charge on any atom is 0.349 e. The summed E-state index contributed by atoms with van der Waals surface area (Å²) >= 11 is 0. The number of unbranched alkanes of at least 4 members (excludes halogenated alkanes) is 2. The van der Waals surface area contributed by atoms with Crippen molar-refractivity contribution < 1.29 is 18.7 Å². The van der Waals surface area contributed by atoms with Crippen molar-refractivity contribution >= 4 is 34.2 Å². The Hall–Kier alpha value is -3.61. The molecular formula is C24H24N2O5. The molecule has 1 N–H and O–H groups in total. The van der Waals surface area contributed by atoms with Gasteiger partial charge in [0, 0.05) is 17.6 Å². The fourth-order valence-electron chi connectivity index (χ4n) is 3.65. The van der Waals surface area contributed by atoms with Crippen LogP contribution in [0.2, 0.25) is 0 Å². The molecule has 0 radical (unpaired) electrons. The van der Waals surface area contributed by atoms with Gasteiger partial charge in [-0.1, -0.05) is 38.0 Å². The number of ether oxygens (including phenoxy) is 1. The summed E-state index contributed by atoms with van der Waals surface area (Å²) in [4.78, 5) is 39.4. The third-order valence-electron chi connectivity index (χ3n) is 5.30. The molecule has 3 aromatic rings. The van der Waals surface area contributed by atoms with Crippen LogP contribution in [0, 0.1) is 0 Å². The summed E-state index contributed by atoms with van der Waals surface area (Å²) in [5.41, 5.74) is 0.704. The molecule has 0 bridgehead atoms. The number of anilines is 2. The highest BCUT2D eigenvalue weighted by Crippen LogP contribution is 2.36. The standard InChI is InChI=1S/C24H24N2O5/c1-3-4-7-12-26-19-14-17(10-11-21(19)30-15(2)23(26)28)25-22(27)18-13-16-8-5-6-9-20(16)31-24(18)29/h5-6,8-11,13-15H,3-4,7,12H2,1-2H3,(H,25,27). The predicted octanol–water partition coefficient (Wildman–Crippen LogP) is 4.35. The van der Waals surface area contributed by atoms with Gasteiger partial charge < -0.3 is 19.4 Å². The van der Waals surface area contributed by atoms with E-state index in [1.165, 1.54) is 6.07 Å². The lowest BCUT2D eigenvalue weighted by Gasteiger charge is -2.33. The van der Waals surface area contributed by atoms with Crippen molar-refractivity contribution in [2.24, 2.45) is 0 Å². The molecule has 0 saturated carbocycles.